The molecule has 5 nitrogen and oxygen atoms in total. The van der Waals surface area contributed by atoms with Crippen LogP contribution in [-0.2, 0) is 14.3 Å². The fourth-order valence-electron chi connectivity index (χ4n) is 0.383. The van der Waals surface area contributed by atoms with Gasteiger partial charge in [0, 0.05) is 5.92 Å². The first-order valence-electron chi connectivity index (χ1n) is 3.05. The SMILES string of the molecule is CS(=O)(=O)OCC(CO)CO. The molecule has 0 aromatic heterocycles. The van der Waals surface area contributed by atoms with Crippen molar-refractivity contribution in [2.45, 2.75) is 0 Å². The lowest BCUT2D eigenvalue weighted by molar-refractivity contribution is 0.109. The van der Waals surface area contributed by atoms with Gasteiger partial charge in [0.25, 0.3) is 10.1 Å². The van der Waals surface area contributed by atoms with Gasteiger partial charge in [0.05, 0.1) is 26.1 Å². The third-order valence-electron chi connectivity index (χ3n) is 1.03. The Bertz CT molecular complexity index is 181. The highest BCUT2D eigenvalue weighted by Crippen LogP contribution is 1.97. The molecule has 0 saturated heterocycles. The van der Waals surface area contributed by atoms with Crippen LogP contribution in [0.25, 0.3) is 0 Å². The van der Waals surface area contributed by atoms with Gasteiger partial charge in [-0.25, -0.2) is 0 Å². The van der Waals surface area contributed by atoms with Gasteiger partial charge in [-0.1, -0.05) is 0 Å². The molecular weight excluding hydrogens is 172 g/mol. The number of aliphatic hydroxyl groups is 2. The predicted molar refractivity (Wildman–Crippen MR) is 38.5 cm³/mol. The molecule has 0 atom stereocenters. The molecule has 0 aliphatic carbocycles. The van der Waals surface area contributed by atoms with Crippen LogP contribution < -0.4 is 0 Å². The zero-order chi connectivity index (χ0) is 8.91. The summed E-state index contributed by atoms with van der Waals surface area (Å²) in [5, 5.41) is 17.0. The van der Waals surface area contributed by atoms with E-state index in [-0.39, 0.29) is 19.8 Å². The van der Waals surface area contributed by atoms with Gasteiger partial charge >= 0.3 is 0 Å². The van der Waals surface area contributed by atoms with Gasteiger partial charge in [-0.2, -0.15) is 8.42 Å². The van der Waals surface area contributed by atoms with E-state index in [0.29, 0.717) is 0 Å². The third-order valence-corrected chi connectivity index (χ3v) is 1.60. The van der Waals surface area contributed by atoms with Gasteiger partial charge in [0.1, 0.15) is 0 Å². The van der Waals surface area contributed by atoms with Crippen LogP contribution in [0.15, 0.2) is 0 Å². The van der Waals surface area contributed by atoms with Crippen LogP contribution in [0.5, 0.6) is 0 Å². The van der Waals surface area contributed by atoms with Gasteiger partial charge in [-0.3, -0.25) is 4.18 Å². The molecule has 0 heterocycles. The molecule has 0 bridgehead atoms. The zero-order valence-corrected chi connectivity index (χ0v) is 7.04. The summed E-state index contributed by atoms with van der Waals surface area (Å²) in [4.78, 5) is 0. The topological polar surface area (TPSA) is 83.8 Å². The minimum absolute atomic E-state index is 0.175. The quantitative estimate of drug-likeness (QED) is 0.511. The second kappa shape index (κ2) is 4.66. The van der Waals surface area contributed by atoms with E-state index in [1.54, 1.807) is 0 Å². The third kappa shape index (κ3) is 6.24. The van der Waals surface area contributed by atoms with Crippen LogP contribution in [0.4, 0.5) is 0 Å². The van der Waals surface area contributed by atoms with E-state index in [4.69, 9.17) is 10.2 Å². The lowest BCUT2D eigenvalue weighted by atomic mass is 10.2. The first-order chi connectivity index (χ1) is 4.99. The Balaban J connectivity index is 3.69. The summed E-state index contributed by atoms with van der Waals surface area (Å²) in [7, 11) is -3.46. The lowest BCUT2D eigenvalue weighted by Crippen LogP contribution is -2.19. The van der Waals surface area contributed by atoms with Crippen molar-refractivity contribution in [2.75, 3.05) is 26.1 Å². The molecule has 0 aliphatic rings. The van der Waals surface area contributed by atoms with Crippen molar-refractivity contribution in [3.63, 3.8) is 0 Å². The Morgan fingerprint density at radius 1 is 1.36 bits per heavy atom. The molecule has 0 aliphatic heterocycles. The van der Waals surface area contributed by atoms with Crippen molar-refractivity contribution < 1.29 is 22.8 Å². The maximum absolute atomic E-state index is 10.4. The average Bonchev–Trinajstić information content (AvgIpc) is 1.88. The molecule has 0 fully saturated rings. The summed E-state index contributed by atoms with van der Waals surface area (Å²) < 4.78 is 25.1. The minimum Gasteiger partial charge on any atom is -0.396 e. The maximum Gasteiger partial charge on any atom is 0.264 e. The van der Waals surface area contributed by atoms with E-state index in [0.717, 1.165) is 6.26 Å². The van der Waals surface area contributed by atoms with Crippen molar-refractivity contribution in [2.24, 2.45) is 5.92 Å². The van der Waals surface area contributed by atoms with E-state index in [1.165, 1.54) is 0 Å². The monoisotopic (exact) mass is 184 g/mol. The summed E-state index contributed by atoms with van der Waals surface area (Å²) in [5.41, 5.74) is 0. The van der Waals surface area contributed by atoms with Crippen LogP contribution >= 0.6 is 0 Å². The van der Waals surface area contributed by atoms with Crippen LogP contribution in [-0.4, -0.2) is 44.7 Å². The molecule has 11 heavy (non-hydrogen) atoms. The standard InChI is InChI=1S/C5H12O5S/c1-11(8,9)10-4-5(2-6)3-7/h5-7H,2-4H2,1H3. The summed E-state index contributed by atoms with van der Waals surface area (Å²) >= 11 is 0. The summed E-state index contributed by atoms with van der Waals surface area (Å²) in [6, 6.07) is 0. The normalized spacial score (nSPS) is 12.4. The molecule has 0 unspecified atom stereocenters. The minimum atomic E-state index is -3.46. The van der Waals surface area contributed by atoms with E-state index in [1.807, 2.05) is 0 Å². The molecule has 0 aromatic carbocycles. The van der Waals surface area contributed by atoms with Crippen LogP contribution in [0.2, 0.25) is 0 Å². The Kier molecular flexibility index (Phi) is 4.58. The Morgan fingerprint density at radius 2 is 1.82 bits per heavy atom. The summed E-state index contributed by atoms with van der Waals surface area (Å²) in [6.45, 7) is -0.746. The number of aliphatic hydroxyl groups excluding tert-OH is 2. The van der Waals surface area contributed by atoms with Crippen molar-refractivity contribution in [1.29, 1.82) is 0 Å². The largest absolute Gasteiger partial charge is 0.396 e. The molecule has 0 amide bonds. The highest BCUT2D eigenvalue weighted by atomic mass is 32.2. The number of hydrogen-bond acceptors (Lipinski definition) is 5. The molecule has 0 aromatic rings. The van der Waals surface area contributed by atoms with Gasteiger partial charge in [0.2, 0.25) is 0 Å². The van der Waals surface area contributed by atoms with Crippen molar-refractivity contribution >= 4 is 10.1 Å². The van der Waals surface area contributed by atoms with Crippen molar-refractivity contribution in [1.82, 2.24) is 0 Å². The highest BCUT2D eigenvalue weighted by Gasteiger charge is 2.09. The Hall–Kier alpha value is -0.170. The smallest absolute Gasteiger partial charge is 0.264 e. The van der Waals surface area contributed by atoms with Crippen LogP contribution in [0.3, 0.4) is 0 Å². The molecule has 6 heteroatoms. The molecule has 0 rings (SSSR count). The Labute approximate surface area is 65.7 Å². The first-order valence-corrected chi connectivity index (χ1v) is 4.87. The van der Waals surface area contributed by atoms with Crippen LogP contribution in [0, 0.1) is 5.92 Å². The molecule has 2 N–H and O–H groups in total. The highest BCUT2D eigenvalue weighted by molar-refractivity contribution is 7.85. The van der Waals surface area contributed by atoms with Crippen molar-refractivity contribution in [3.8, 4) is 0 Å². The first kappa shape index (κ1) is 10.8. The van der Waals surface area contributed by atoms with E-state index < -0.39 is 16.0 Å². The fraction of sp³-hybridized carbons (Fsp3) is 1.00. The number of rotatable bonds is 5. The summed E-state index contributed by atoms with van der Waals surface area (Å²) in [6.07, 6.45) is 0.915. The van der Waals surface area contributed by atoms with Gasteiger partial charge < -0.3 is 10.2 Å². The average molecular weight is 184 g/mol. The molecule has 68 valence electrons. The van der Waals surface area contributed by atoms with Crippen molar-refractivity contribution in [3.05, 3.63) is 0 Å². The molecule has 0 spiro atoms. The van der Waals surface area contributed by atoms with E-state index in [9.17, 15) is 8.42 Å². The number of hydrogen-bond donors (Lipinski definition) is 2. The Morgan fingerprint density at radius 3 is 2.09 bits per heavy atom. The molecular formula is C5H12O5S. The molecule has 0 radical (unpaired) electrons. The molecule has 0 saturated carbocycles. The summed E-state index contributed by atoms with van der Waals surface area (Å²) in [5.74, 6) is -0.523. The van der Waals surface area contributed by atoms with E-state index in [2.05, 4.69) is 4.18 Å². The van der Waals surface area contributed by atoms with Gasteiger partial charge in [-0.15, -0.1) is 0 Å². The van der Waals surface area contributed by atoms with E-state index >= 15 is 0 Å². The van der Waals surface area contributed by atoms with Gasteiger partial charge in [-0.05, 0) is 0 Å². The zero-order valence-electron chi connectivity index (χ0n) is 6.23. The second-order valence-corrected chi connectivity index (χ2v) is 3.86. The van der Waals surface area contributed by atoms with Crippen LogP contribution in [0.1, 0.15) is 0 Å². The van der Waals surface area contributed by atoms with Gasteiger partial charge in [0.15, 0.2) is 0 Å². The maximum atomic E-state index is 10.4. The lowest BCUT2D eigenvalue weighted by Gasteiger charge is -2.08. The fourth-order valence-corrected chi connectivity index (χ4v) is 0.823. The second-order valence-electron chi connectivity index (χ2n) is 2.22. The predicted octanol–water partition coefficient (Wildman–Crippen LogP) is -1.44.